The Morgan fingerprint density at radius 1 is 1.26 bits per heavy atom. The molecule has 9 heteroatoms. The molecule has 0 unspecified atom stereocenters. The number of aryl methyl sites for hydroxylation is 1. The third-order valence-electron chi connectivity index (χ3n) is 2.40. The predicted octanol–water partition coefficient (Wildman–Crippen LogP) is 2.05. The predicted molar refractivity (Wildman–Crippen MR) is 60.3 cm³/mol. The average molecular weight is 272 g/mol. The van der Waals surface area contributed by atoms with Crippen molar-refractivity contribution in [2.75, 3.05) is 0 Å². The summed E-state index contributed by atoms with van der Waals surface area (Å²) in [6.07, 6.45) is -0.194. The zero-order valence-electron chi connectivity index (χ0n) is 9.54. The lowest BCUT2D eigenvalue weighted by molar-refractivity contribution is -0.399. The van der Waals surface area contributed by atoms with Gasteiger partial charge in [0.15, 0.2) is 0 Å². The van der Waals surface area contributed by atoms with E-state index in [-0.39, 0.29) is 24.8 Å². The first-order valence-electron chi connectivity index (χ1n) is 5.16. The van der Waals surface area contributed by atoms with Crippen LogP contribution in [0.4, 0.5) is 15.8 Å². The Balaban J connectivity index is 3.11. The highest BCUT2D eigenvalue weighted by Gasteiger charge is 2.28. The summed E-state index contributed by atoms with van der Waals surface area (Å²) in [5.41, 5.74) is -2.01. The number of rotatable bonds is 6. The zero-order valence-corrected chi connectivity index (χ0v) is 9.54. The van der Waals surface area contributed by atoms with Crippen LogP contribution in [-0.4, -0.2) is 20.9 Å². The van der Waals surface area contributed by atoms with Gasteiger partial charge in [0, 0.05) is 18.1 Å². The van der Waals surface area contributed by atoms with Crippen LogP contribution in [0.15, 0.2) is 12.1 Å². The SMILES string of the molecule is O=C(O)CCCc1ccc([N+](=O)[O-])c(F)c1[N+](=O)[O-]. The summed E-state index contributed by atoms with van der Waals surface area (Å²) in [6.45, 7) is 0. The van der Waals surface area contributed by atoms with Gasteiger partial charge in [0.2, 0.25) is 0 Å². The third kappa shape index (κ3) is 3.44. The molecule has 0 amide bonds. The van der Waals surface area contributed by atoms with Crippen molar-refractivity contribution >= 4 is 17.3 Å². The second-order valence-corrected chi connectivity index (χ2v) is 3.67. The van der Waals surface area contributed by atoms with Crippen LogP contribution in [0.3, 0.4) is 0 Å². The molecule has 102 valence electrons. The molecule has 0 radical (unpaired) electrons. The van der Waals surface area contributed by atoms with Crippen molar-refractivity contribution in [1.29, 1.82) is 0 Å². The number of nitro groups is 2. The number of carbonyl (C=O) groups is 1. The van der Waals surface area contributed by atoms with Gasteiger partial charge in [-0.3, -0.25) is 25.0 Å². The molecule has 1 aromatic carbocycles. The van der Waals surface area contributed by atoms with Crippen LogP contribution in [0.1, 0.15) is 18.4 Å². The fourth-order valence-corrected chi connectivity index (χ4v) is 1.56. The maximum atomic E-state index is 13.6. The molecule has 0 aliphatic rings. The largest absolute Gasteiger partial charge is 0.481 e. The van der Waals surface area contributed by atoms with Gasteiger partial charge in [0.05, 0.1) is 9.85 Å². The molecule has 0 aromatic heterocycles. The van der Waals surface area contributed by atoms with Crippen molar-refractivity contribution in [2.45, 2.75) is 19.3 Å². The van der Waals surface area contributed by atoms with E-state index in [2.05, 4.69) is 0 Å². The first kappa shape index (κ1) is 14.5. The highest BCUT2D eigenvalue weighted by Crippen LogP contribution is 2.30. The molecular weight excluding hydrogens is 263 g/mol. The number of nitro benzene ring substituents is 2. The van der Waals surface area contributed by atoms with Crippen molar-refractivity contribution in [2.24, 2.45) is 0 Å². The molecular formula is C10H9FN2O6. The molecule has 0 bridgehead atoms. The van der Waals surface area contributed by atoms with Crippen molar-refractivity contribution in [3.63, 3.8) is 0 Å². The minimum atomic E-state index is -1.51. The maximum Gasteiger partial charge on any atom is 0.315 e. The van der Waals surface area contributed by atoms with E-state index < -0.39 is 33.0 Å². The smallest absolute Gasteiger partial charge is 0.315 e. The summed E-state index contributed by atoms with van der Waals surface area (Å²) in [5.74, 6) is -2.59. The Morgan fingerprint density at radius 2 is 1.89 bits per heavy atom. The summed E-state index contributed by atoms with van der Waals surface area (Å²) in [4.78, 5) is 29.4. The Labute approximate surface area is 105 Å². The zero-order chi connectivity index (χ0) is 14.6. The summed E-state index contributed by atoms with van der Waals surface area (Å²) in [6, 6.07) is 1.90. The van der Waals surface area contributed by atoms with Crippen LogP contribution < -0.4 is 0 Å². The maximum absolute atomic E-state index is 13.6. The van der Waals surface area contributed by atoms with E-state index in [0.717, 1.165) is 12.1 Å². The fraction of sp³-hybridized carbons (Fsp3) is 0.300. The van der Waals surface area contributed by atoms with Gasteiger partial charge in [-0.15, -0.1) is 0 Å². The summed E-state index contributed by atoms with van der Waals surface area (Å²) in [5, 5.41) is 29.7. The standard InChI is InChI=1S/C10H9FN2O6/c11-9-7(12(16)17)5-4-6(10(9)13(18)19)2-1-3-8(14)15/h4-5H,1-3H2,(H,14,15). The van der Waals surface area contributed by atoms with Crippen LogP contribution in [0.25, 0.3) is 0 Å². The monoisotopic (exact) mass is 272 g/mol. The van der Waals surface area contributed by atoms with E-state index >= 15 is 0 Å². The van der Waals surface area contributed by atoms with Gasteiger partial charge >= 0.3 is 17.3 Å². The van der Waals surface area contributed by atoms with Gasteiger partial charge in [-0.25, -0.2) is 0 Å². The molecule has 1 rings (SSSR count). The number of hydrogen-bond donors (Lipinski definition) is 1. The molecule has 19 heavy (non-hydrogen) atoms. The van der Waals surface area contributed by atoms with Crippen molar-refractivity contribution in [1.82, 2.24) is 0 Å². The molecule has 8 nitrogen and oxygen atoms in total. The minimum absolute atomic E-state index is 0.0441. The second-order valence-electron chi connectivity index (χ2n) is 3.67. The molecule has 0 aliphatic carbocycles. The van der Waals surface area contributed by atoms with E-state index in [4.69, 9.17) is 5.11 Å². The van der Waals surface area contributed by atoms with E-state index in [0.29, 0.717) is 0 Å². The molecule has 0 saturated heterocycles. The van der Waals surface area contributed by atoms with Crippen LogP contribution in [-0.2, 0) is 11.2 Å². The molecule has 0 aliphatic heterocycles. The summed E-state index contributed by atoms with van der Waals surface area (Å²) >= 11 is 0. The minimum Gasteiger partial charge on any atom is -0.481 e. The molecule has 1 N–H and O–H groups in total. The first-order chi connectivity index (χ1) is 8.84. The number of benzene rings is 1. The Kier molecular flexibility index (Phi) is 4.46. The normalized spacial score (nSPS) is 10.2. The van der Waals surface area contributed by atoms with Gasteiger partial charge in [-0.2, -0.15) is 4.39 Å². The average Bonchev–Trinajstić information content (AvgIpc) is 2.27. The third-order valence-corrected chi connectivity index (χ3v) is 2.40. The fourth-order valence-electron chi connectivity index (χ4n) is 1.56. The summed E-state index contributed by atoms with van der Waals surface area (Å²) < 4.78 is 13.6. The van der Waals surface area contributed by atoms with Gasteiger partial charge in [0.1, 0.15) is 0 Å². The molecule has 0 saturated carbocycles. The van der Waals surface area contributed by atoms with Gasteiger partial charge in [-0.1, -0.05) is 0 Å². The van der Waals surface area contributed by atoms with E-state index in [9.17, 15) is 29.4 Å². The lowest BCUT2D eigenvalue weighted by Crippen LogP contribution is -2.04. The summed E-state index contributed by atoms with van der Waals surface area (Å²) in [7, 11) is 0. The highest BCUT2D eigenvalue weighted by atomic mass is 19.1. The molecule has 0 spiro atoms. The molecule has 1 aromatic rings. The highest BCUT2D eigenvalue weighted by molar-refractivity contribution is 5.66. The number of carboxylic acids is 1. The lowest BCUT2D eigenvalue weighted by Gasteiger charge is -2.03. The molecule has 0 heterocycles. The number of carboxylic acid groups (broad SMARTS) is 1. The van der Waals surface area contributed by atoms with Gasteiger partial charge in [-0.05, 0) is 18.9 Å². The first-order valence-corrected chi connectivity index (χ1v) is 5.16. The second kappa shape index (κ2) is 5.85. The van der Waals surface area contributed by atoms with Crippen LogP contribution >= 0.6 is 0 Å². The van der Waals surface area contributed by atoms with Crippen LogP contribution in [0.2, 0.25) is 0 Å². The van der Waals surface area contributed by atoms with E-state index in [1.54, 1.807) is 0 Å². The van der Waals surface area contributed by atoms with Crippen molar-refractivity contribution < 1.29 is 24.1 Å². The number of aliphatic carboxylic acids is 1. The molecule has 0 atom stereocenters. The number of nitrogens with zero attached hydrogens (tertiary/aromatic N) is 2. The Bertz CT molecular complexity index is 545. The van der Waals surface area contributed by atoms with Crippen molar-refractivity contribution in [3.05, 3.63) is 43.7 Å². The Hall–Kier alpha value is -2.58. The van der Waals surface area contributed by atoms with Gasteiger partial charge in [0.25, 0.3) is 5.82 Å². The number of hydrogen-bond acceptors (Lipinski definition) is 5. The lowest BCUT2D eigenvalue weighted by atomic mass is 10.0. The molecule has 0 fully saturated rings. The van der Waals surface area contributed by atoms with Crippen LogP contribution in [0.5, 0.6) is 0 Å². The Morgan fingerprint density at radius 3 is 2.37 bits per heavy atom. The quantitative estimate of drug-likeness (QED) is 0.624. The topological polar surface area (TPSA) is 124 Å². The van der Waals surface area contributed by atoms with E-state index in [1.165, 1.54) is 0 Å². The van der Waals surface area contributed by atoms with Gasteiger partial charge < -0.3 is 5.11 Å². The van der Waals surface area contributed by atoms with E-state index in [1.807, 2.05) is 0 Å². The van der Waals surface area contributed by atoms with Crippen molar-refractivity contribution in [3.8, 4) is 0 Å². The van der Waals surface area contributed by atoms with Crippen LogP contribution in [0, 0.1) is 26.0 Å². The number of halogens is 1.